The van der Waals surface area contributed by atoms with Crippen LogP contribution in [0.25, 0.3) is 11.3 Å². The van der Waals surface area contributed by atoms with Crippen LogP contribution in [-0.2, 0) is 0 Å². The van der Waals surface area contributed by atoms with E-state index < -0.39 is 0 Å². The molecule has 0 aromatic carbocycles. The highest BCUT2D eigenvalue weighted by Gasteiger charge is 2.04. The zero-order valence-corrected chi connectivity index (χ0v) is 8.40. The van der Waals surface area contributed by atoms with E-state index in [0.29, 0.717) is 5.92 Å². The molecule has 0 spiro atoms. The maximum atomic E-state index is 5.31. The molecule has 14 heavy (non-hydrogen) atoms. The Morgan fingerprint density at radius 3 is 2.79 bits per heavy atom. The molecule has 2 heterocycles. The summed E-state index contributed by atoms with van der Waals surface area (Å²) in [6, 6.07) is 5.95. The number of rotatable bonds is 2. The van der Waals surface area contributed by atoms with Gasteiger partial charge in [0.15, 0.2) is 0 Å². The number of aromatic nitrogens is 1. The third-order valence-corrected chi connectivity index (χ3v) is 2.23. The molecule has 0 aliphatic carbocycles. The Hall–Kier alpha value is -1.57. The lowest BCUT2D eigenvalue weighted by Crippen LogP contribution is -1.89. The molecule has 72 valence electrons. The summed E-state index contributed by atoms with van der Waals surface area (Å²) in [5.41, 5.74) is 2.28. The van der Waals surface area contributed by atoms with Gasteiger partial charge in [-0.3, -0.25) is 4.98 Å². The van der Waals surface area contributed by atoms with Crippen LogP contribution in [0.3, 0.4) is 0 Å². The molecule has 2 rings (SSSR count). The van der Waals surface area contributed by atoms with Crippen LogP contribution >= 0.6 is 0 Å². The summed E-state index contributed by atoms with van der Waals surface area (Å²) >= 11 is 0. The number of pyridine rings is 1. The molecule has 0 bridgehead atoms. The lowest BCUT2D eigenvalue weighted by molar-refractivity contribution is 0.582. The van der Waals surface area contributed by atoms with Gasteiger partial charge in [0.2, 0.25) is 0 Å². The molecule has 2 heteroatoms. The second-order valence-electron chi connectivity index (χ2n) is 3.64. The van der Waals surface area contributed by atoms with Gasteiger partial charge in [-0.25, -0.2) is 0 Å². The van der Waals surface area contributed by atoms with Gasteiger partial charge in [-0.05, 0) is 29.7 Å². The first-order valence-electron chi connectivity index (χ1n) is 4.76. The van der Waals surface area contributed by atoms with Gasteiger partial charge < -0.3 is 4.42 Å². The first-order chi connectivity index (χ1) is 6.77. The Kier molecular flexibility index (Phi) is 2.35. The summed E-state index contributed by atoms with van der Waals surface area (Å²) in [7, 11) is 0. The Morgan fingerprint density at radius 1 is 1.29 bits per heavy atom. The van der Waals surface area contributed by atoms with Crippen molar-refractivity contribution in [3.63, 3.8) is 0 Å². The van der Waals surface area contributed by atoms with Crippen molar-refractivity contribution in [2.45, 2.75) is 19.8 Å². The summed E-state index contributed by atoms with van der Waals surface area (Å²) in [4.78, 5) is 4.20. The number of hydrogen-bond donors (Lipinski definition) is 0. The number of furan rings is 1. The Bertz CT molecular complexity index is 404. The van der Waals surface area contributed by atoms with Crippen molar-refractivity contribution in [1.29, 1.82) is 0 Å². The molecular weight excluding hydrogens is 174 g/mol. The molecule has 0 atom stereocenters. The van der Waals surface area contributed by atoms with Gasteiger partial charge in [-0.2, -0.15) is 0 Å². The highest BCUT2D eigenvalue weighted by Crippen LogP contribution is 2.22. The number of hydrogen-bond acceptors (Lipinski definition) is 2. The standard InChI is InChI=1S/C12H13NO/c1-9(2)10-6-11(8-13-7-10)12-4-3-5-14-12/h3-9H,1-2H3. The fourth-order valence-corrected chi connectivity index (χ4v) is 1.35. The van der Waals surface area contributed by atoms with Crippen LogP contribution in [0, 0.1) is 0 Å². The molecule has 0 fully saturated rings. The maximum absolute atomic E-state index is 5.31. The van der Waals surface area contributed by atoms with Gasteiger partial charge in [0.1, 0.15) is 5.76 Å². The van der Waals surface area contributed by atoms with Crippen molar-refractivity contribution in [3.8, 4) is 11.3 Å². The van der Waals surface area contributed by atoms with E-state index in [9.17, 15) is 0 Å². The highest BCUT2D eigenvalue weighted by molar-refractivity contribution is 5.56. The summed E-state index contributed by atoms with van der Waals surface area (Å²) in [6.45, 7) is 4.31. The Morgan fingerprint density at radius 2 is 2.14 bits per heavy atom. The minimum Gasteiger partial charge on any atom is -0.464 e. The topological polar surface area (TPSA) is 26.0 Å². The fraction of sp³-hybridized carbons (Fsp3) is 0.250. The van der Waals surface area contributed by atoms with Crippen molar-refractivity contribution in [3.05, 3.63) is 42.4 Å². The molecule has 2 nitrogen and oxygen atoms in total. The average Bonchev–Trinajstić information content (AvgIpc) is 2.71. The number of nitrogens with zero attached hydrogens (tertiary/aromatic N) is 1. The normalized spacial score (nSPS) is 10.8. The summed E-state index contributed by atoms with van der Waals surface area (Å²) in [6.07, 6.45) is 5.40. The molecule has 0 unspecified atom stereocenters. The van der Waals surface area contributed by atoms with Crippen LogP contribution < -0.4 is 0 Å². The minimum atomic E-state index is 0.498. The Balaban J connectivity index is 2.41. The fourth-order valence-electron chi connectivity index (χ4n) is 1.35. The van der Waals surface area contributed by atoms with Gasteiger partial charge in [0, 0.05) is 18.0 Å². The van der Waals surface area contributed by atoms with E-state index in [4.69, 9.17) is 4.42 Å². The predicted molar refractivity (Wildman–Crippen MR) is 56.0 cm³/mol. The van der Waals surface area contributed by atoms with Crippen LogP contribution in [0.5, 0.6) is 0 Å². The molecule has 2 aromatic heterocycles. The zero-order chi connectivity index (χ0) is 9.97. The third-order valence-electron chi connectivity index (χ3n) is 2.23. The van der Waals surface area contributed by atoms with Crippen LogP contribution in [0.4, 0.5) is 0 Å². The summed E-state index contributed by atoms with van der Waals surface area (Å²) < 4.78 is 5.31. The molecule has 0 N–H and O–H groups in total. The molecule has 2 aromatic rings. The molecule has 0 amide bonds. The lowest BCUT2D eigenvalue weighted by atomic mass is 10.0. The van der Waals surface area contributed by atoms with E-state index >= 15 is 0 Å². The SMILES string of the molecule is CC(C)c1cncc(-c2ccco2)c1. The largest absolute Gasteiger partial charge is 0.464 e. The van der Waals surface area contributed by atoms with Gasteiger partial charge in [-0.1, -0.05) is 13.8 Å². The molecule has 0 radical (unpaired) electrons. The van der Waals surface area contributed by atoms with Crippen LogP contribution in [-0.4, -0.2) is 4.98 Å². The first kappa shape index (κ1) is 9.00. The molecule has 0 saturated carbocycles. The summed E-state index contributed by atoms with van der Waals surface area (Å²) in [5.74, 6) is 1.37. The quantitative estimate of drug-likeness (QED) is 0.719. The third kappa shape index (κ3) is 1.69. The molecule has 0 saturated heterocycles. The van der Waals surface area contributed by atoms with Gasteiger partial charge in [0.05, 0.1) is 6.26 Å². The van der Waals surface area contributed by atoms with Crippen LogP contribution in [0.2, 0.25) is 0 Å². The minimum absolute atomic E-state index is 0.498. The van der Waals surface area contributed by atoms with E-state index in [-0.39, 0.29) is 0 Å². The van der Waals surface area contributed by atoms with E-state index in [1.165, 1.54) is 5.56 Å². The monoisotopic (exact) mass is 187 g/mol. The predicted octanol–water partition coefficient (Wildman–Crippen LogP) is 3.47. The smallest absolute Gasteiger partial charge is 0.135 e. The van der Waals surface area contributed by atoms with Gasteiger partial charge >= 0.3 is 0 Å². The van der Waals surface area contributed by atoms with E-state index in [2.05, 4.69) is 24.9 Å². The summed E-state index contributed by atoms with van der Waals surface area (Å²) in [5, 5.41) is 0. The Labute approximate surface area is 83.6 Å². The van der Waals surface area contributed by atoms with Gasteiger partial charge in [-0.15, -0.1) is 0 Å². The van der Waals surface area contributed by atoms with Crippen molar-refractivity contribution < 1.29 is 4.42 Å². The maximum Gasteiger partial charge on any atom is 0.135 e. The zero-order valence-electron chi connectivity index (χ0n) is 8.40. The second-order valence-corrected chi connectivity index (χ2v) is 3.64. The molecular formula is C12H13NO. The molecule has 0 aliphatic rings. The van der Waals surface area contributed by atoms with Gasteiger partial charge in [0.25, 0.3) is 0 Å². The van der Waals surface area contributed by atoms with Crippen molar-refractivity contribution in [2.75, 3.05) is 0 Å². The first-order valence-corrected chi connectivity index (χ1v) is 4.76. The van der Waals surface area contributed by atoms with Crippen LogP contribution in [0.15, 0.2) is 41.3 Å². The van der Waals surface area contributed by atoms with Crippen LogP contribution in [0.1, 0.15) is 25.3 Å². The highest BCUT2D eigenvalue weighted by atomic mass is 16.3. The van der Waals surface area contributed by atoms with E-state index in [0.717, 1.165) is 11.3 Å². The van der Waals surface area contributed by atoms with E-state index in [1.54, 1.807) is 6.26 Å². The van der Waals surface area contributed by atoms with Crippen molar-refractivity contribution >= 4 is 0 Å². The van der Waals surface area contributed by atoms with Crippen molar-refractivity contribution in [1.82, 2.24) is 4.98 Å². The average molecular weight is 187 g/mol. The van der Waals surface area contributed by atoms with Crippen molar-refractivity contribution in [2.24, 2.45) is 0 Å². The lowest BCUT2D eigenvalue weighted by Gasteiger charge is -2.05. The second kappa shape index (κ2) is 3.66. The molecule has 0 aliphatic heterocycles. The van der Waals surface area contributed by atoms with E-state index in [1.807, 2.05) is 24.5 Å².